The fraction of sp³-hybridized carbons (Fsp3) is 0.312. The summed E-state index contributed by atoms with van der Waals surface area (Å²) in [6.07, 6.45) is 5.57. The van der Waals surface area contributed by atoms with Crippen LogP contribution in [0.2, 0.25) is 0 Å². The molecule has 4 heteroatoms. The Morgan fingerprint density at radius 2 is 1.65 bits per heavy atom. The molecule has 4 nitrogen and oxygen atoms in total. The lowest BCUT2D eigenvalue weighted by atomic mass is 10.2. The van der Waals surface area contributed by atoms with Gasteiger partial charge in [-0.2, -0.15) is 5.26 Å². The third kappa shape index (κ3) is 4.69. The van der Waals surface area contributed by atoms with Crippen molar-refractivity contribution in [2.24, 2.45) is 0 Å². The van der Waals surface area contributed by atoms with Crippen molar-refractivity contribution in [1.29, 1.82) is 5.26 Å². The minimum atomic E-state index is 0.519. The van der Waals surface area contributed by atoms with Gasteiger partial charge in [-0.3, -0.25) is 4.84 Å². The van der Waals surface area contributed by atoms with Crippen LogP contribution in [0.3, 0.4) is 0 Å². The van der Waals surface area contributed by atoms with E-state index in [0.717, 1.165) is 11.1 Å². The predicted molar refractivity (Wildman–Crippen MR) is 77.0 cm³/mol. The molecule has 0 N–H and O–H groups in total. The minimum Gasteiger partial charge on any atom is -0.275 e. The molecule has 0 saturated heterocycles. The molecular weight excluding hydrogens is 250 g/mol. The predicted octanol–water partition coefficient (Wildman–Crippen LogP) is 2.22. The average Bonchev–Trinajstić information content (AvgIpc) is 2.38. The first-order valence-corrected chi connectivity index (χ1v) is 6.33. The highest BCUT2D eigenvalue weighted by Gasteiger charge is 2.00. The van der Waals surface area contributed by atoms with Gasteiger partial charge in [-0.15, -0.1) is 0 Å². The molecule has 0 fully saturated rings. The lowest BCUT2D eigenvalue weighted by molar-refractivity contribution is -0.886. The fourth-order valence-corrected chi connectivity index (χ4v) is 1.81. The number of aryl methyl sites for hydroxylation is 4. The molecule has 0 aliphatic carbocycles. The topological polar surface area (TPSA) is 49.8 Å². The van der Waals surface area contributed by atoms with Crippen LogP contribution in [0.25, 0.3) is 0 Å². The molecule has 0 unspecified atom stereocenters. The third-order valence-corrected chi connectivity index (χ3v) is 2.65. The molecular formula is C16H20N3O+. The first-order chi connectivity index (χ1) is 9.46. The highest BCUT2D eigenvalue weighted by Crippen LogP contribution is 2.04. The van der Waals surface area contributed by atoms with Crippen molar-refractivity contribution in [2.45, 2.75) is 27.7 Å². The maximum atomic E-state index is 8.50. The van der Waals surface area contributed by atoms with Crippen LogP contribution in [-0.2, 0) is 0 Å². The van der Waals surface area contributed by atoms with Crippen LogP contribution in [0.5, 0.6) is 0 Å². The zero-order valence-electron chi connectivity index (χ0n) is 12.6. The number of hydrogen-bond acceptors (Lipinski definition) is 3. The van der Waals surface area contributed by atoms with Crippen LogP contribution < -0.4 is 9.57 Å². The Hall–Kier alpha value is -2.41. The van der Waals surface area contributed by atoms with Crippen LogP contribution >= 0.6 is 0 Å². The second-order valence-corrected chi connectivity index (χ2v) is 4.72. The van der Waals surface area contributed by atoms with E-state index in [1.807, 2.05) is 52.2 Å². The van der Waals surface area contributed by atoms with E-state index in [0.29, 0.717) is 5.69 Å². The van der Waals surface area contributed by atoms with Crippen molar-refractivity contribution >= 4 is 0 Å². The van der Waals surface area contributed by atoms with Crippen molar-refractivity contribution in [1.82, 2.24) is 4.98 Å². The van der Waals surface area contributed by atoms with Gasteiger partial charge in [0.1, 0.15) is 18.9 Å². The standard InChI is InChI=1S/C8H8N2.C8H12NO/c1-6-3-7(2)8(4-9)10-5-6;1-7-4-8(2)6-9(5-7)10-3/h3,5H,1-2H3;4-6H,1-3H3/q;+1. The number of rotatable bonds is 1. The number of aromatic nitrogens is 2. The summed E-state index contributed by atoms with van der Waals surface area (Å²) in [5.74, 6) is 0. The van der Waals surface area contributed by atoms with Gasteiger partial charge < -0.3 is 0 Å². The number of nitriles is 1. The van der Waals surface area contributed by atoms with Crippen LogP contribution in [-0.4, -0.2) is 12.1 Å². The quantitative estimate of drug-likeness (QED) is 0.747. The van der Waals surface area contributed by atoms with Gasteiger partial charge in [0.15, 0.2) is 0 Å². The Balaban J connectivity index is 0.000000200. The molecule has 0 aliphatic rings. The molecule has 2 heterocycles. The van der Waals surface area contributed by atoms with Crippen molar-refractivity contribution in [3.8, 4) is 6.07 Å². The molecule has 20 heavy (non-hydrogen) atoms. The molecule has 2 aromatic heterocycles. The van der Waals surface area contributed by atoms with Crippen molar-refractivity contribution < 1.29 is 9.57 Å². The molecule has 0 bridgehead atoms. The van der Waals surface area contributed by atoms with E-state index in [-0.39, 0.29) is 0 Å². The third-order valence-electron chi connectivity index (χ3n) is 2.65. The summed E-state index contributed by atoms with van der Waals surface area (Å²) in [6.45, 7) is 7.94. The van der Waals surface area contributed by atoms with Crippen LogP contribution in [0, 0.1) is 39.0 Å². The smallest absolute Gasteiger partial charge is 0.225 e. The molecule has 2 aromatic rings. The van der Waals surface area contributed by atoms with Gasteiger partial charge in [-0.1, -0.05) is 6.07 Å². The van der Waals surface area contributed by atoms with E-state index in [2.05, 4.69) is 11.1 Å². The molecule has 104 valence electrons. The Kier molecular flexibility index (Phi) is 5.67. The van der Waals surface area contributed by atoms with Gasteiger partial charge >= 0.3 is 0 Å². The van der Waals surface area contributed by atoms with Gasteiger partial charge in [0.2, 0.25) is 12.4 Å². The van der Waals surface area contributed by atoms with E-state index in [1.165, 1.54) is 11.1 Å². The SMILES string of the molecule is CO[n+]1cc(C)cc(C)c1.Cc1cnc(C#N)c(C)c1. The van der Waals surface area contributed by atoms with Gasteiger partial charge in [0.05, 0.1) is 0 Å². The average molecular weight is 270 g/mol. The van der Waals surface area contributed by atoms with Gasteiger partial charge in [-0.05, 0) is 44.9 Å². The summed E-state index contributed by atoms with van der Waals surface area (Å²) in [7, 11) is 1.65. The van der Waals surface area contributed by atoms with E-state index in [9.17, 15) is 0 Å². The number of hydrogen-bond donors (Lipinski definition) is 0. The van der Waals surface area contributed by atoms with Gasteiger partial charge in [0, 0.05) is 22.1 Å². The number of pyridine rings is 2. The van der Waals surface area contributed by atoms with Crippen LogP contribution in [0.1, 0.15) is 27.9 Å². The van der Waals surface area contributed by atoms with Gasteiger partial charge in [-0.25, -0.2) is 4.98 Å². The summed E-state index contributed by atoms with van der Waals surface area (Å²) in [5.41, 5.74) is 4.98. The Morgan fingerprint density at radius 3 is 2.10 bits per heavy atom. The van der Waals surface area contributed by atoms with Gasteiger partial charge in [0.25, 0.3) is 0 Å². The number of nitrogens with zero attached hydrogens (tertiary/aromatic N) is 3. The van der Waals surface area contributed by atoms with Crippen molar-refractivity contribution in [3.05, 3.63) is 58.7 Å². The van der Waals surface area contributed by atoms with E-state index in [1.54, 1.807) is 18.0 Å². The molecule has 0 radical (unpaired) electrons. The lowest BCUT2D eigenvalue weighted by Crippen LogP contribution is -2.40. The molecule has 0 spiro atoms. The minimum absolute atomic E-state index is 0.519. The second kappa shape index (κ2) is 7.25. The van der Waals surface area contributed by atoms with E-state index >= 15 is 0 Å². The van der Waals surface area contributed by atoms with Crippen LogP contribution in [0.15, 0.2) is 30.7 Å². The summed E-state index contributed by atoms with van der Waals surface area (Å²) in [4.78, 5) is 8.93. The Labute approximate surface area is 120 Å². The monoisotopic (exact) mass is 270 g/mol. The molecule has 0 aromatic carbocycles. The highest BCUT2D eigenvalue weighted by atomic mass is 16.6. The Morgan fingerprint density at radius 1 is 1.05 bits per heavy atom. The zero-order chi connectivity index (χ0) is 15.1. The summed E-state index contributed by atoms with van der Waals surface area (Å²) in [6, 6.07) is 6.07. The maximum absolute atomic E-state index is 8.50. The molecule has 0 amide bonds. The van der Waals surface area contributed by atoms with E-state index < -0.39 is 0 Å². The Bertz CT molecular complexity index is 610. The van der Waals surface area contributed by atoms with Crippen molar-refractivity contribution in [3.63, 3.8) is 0 Å². The largest absolute Gasteiger partial charge is 0.275 e. The molecule has 0 atom stereocenters. The zero-order valence-corrected chi connectivity index (χ0v) is 12.6. The van der Waals surface area contributed by atoms with Crippen LogP contribution in [0.4, 0.5) is 0 Å². The van der Waals surface area contributed by atoms with E-state index in [4.69, 9.17) is 10.1 Å². The first kappa shape index (κ1) is 15.6. The normalized spacial score (nSPS) is 9.20. The first-order valence-electron chi connectivity index (χ1n) is 6.33. The lowest BCUT2D eigenvalue weighted by Gasteiger charge is -1.95. The highest BCUT2D eigenvalue weighted by molar-refractivity contribution is 5.31. The second-order valence-electron chi connectivity index (χ2n) is 4.72. The molecule has 0 saturated carbocycles. The fourth-order valence-electron chi connectivity index (χ4n) is 1.81. The molecule has 2 rings (SSSR count). The summed E-state index contributed by atoms with van der Waals surface area (Å²) >= 11 is 0. The maximum Gasteiger partial charge on any atom is 0.225 e. The summed E-state index contributed by atoms with van der Waals surface area (Å²) < 4.78 is 1.70. The molecule has 0 aliphatic heterocycles. The van der Waals surface area contributed by atoms with Crippen molar-refractivity contribution in [2.75, 3.05) is 7.11 Å². The summed E-state index contributed by atoms with van der Waals surface area (Å²) in [5, 5.41) is 8.50.